The van der Waals surface area contributed by atoms with E-state index >= 15 is 0 Å². The number of aromatic hydroxyl groups is 1. The number of para-hydroxylation sites is 1. The molecule has 0 saturated carbocycles. The van der Waals surface area contributed by atoms with Gasteiger partial charge < -0.3 is 10.4 Å². The predicted molar refractivity (Wildman–Crippen MR) is 50.6 cm³/mol. The molecular weight excluding hydrogens is 180 g/mol. The number of hydrogen-bond acceptors (Lipinski definition) is 3. The van der Waals surface area contributed by atoms with Crippen LogP contribution >= 0.6 is 0 Å². The van der Waals surface area contributed by atoms with Crippen molar-refractivity contribution in [2.45, 2.75) is 13.0 Å². The normalized spacial score (nSPS) is 11.4. The van der Waals surface area contributed by atoms with Crippen molar-refractivity contribution in [3.05, 3.63) is 29.8 Å². The average Bonchev–Trinajstić information content (AvgIpc) is 2.18. The van der Waals surface area contributed by atoms with Crippen LogP contribution in [-0.4, -0.2) is 17.1 Å². The molecule has 1 rings (SSSR count). The van der Waals surface area contributed by atoms with E-state index in [1.54, 1.807) is 19.1 Å². The first kappa shape index (κ1) is 10.1. The molecule has 0 bridgehead atoms. The Hall–Kier alpha value is -2.02. The number of carbonyl (C=O) groups excluding carboxylic acids is 1. The molecular formula is C10H10N2O2. The highest BCUT2D eigenvalue weighted by atomic mass is 16.3. The van der Waals surface area contributed by atoms with Crippen LogP contribution in [0, 0.1) is 11.3 Å². The Bertz CT molecular complexity index is 382. The SMILES string of the molecule is CC(C#N)NC(=O)c1ccccc1O. The first-order valence-corrected chi connectivity index (χ1v) is 4.13. The molecule has 2 N–H and O–H groups in total. The number of nitrogens with zero attached hydrogens (tertiary/aromatic N) is 1. The Kier molecular flexibility index (Phi) is 3.08. The Morgan fingerprint density at radius 2 is 2.21 bits per heavy atom. The van der Waals surface area contributed by atoms with Gasteiger partial charge in [0, 0.05) is 0 Å². The Labute approximate surface area is 81.8 Å². The summed E-state index contributed by atoms with van der Waals surface area (Å²) in [6.45, 7) is 1.57. The second-order valence-electron chi connectivity index (χ2n) is 2.84. The van der Waals surface area contributed by atoms with E-state index in [-0.39, 0.29) is 11.3 Å². The molecule has 0 aromatic heterocycles. The van der Waals surface area contributed by atoms with Crippen molar-refractivity contribution in [3.8, 4) is 11.8 Å². The van der Waals surface area contributed by atoms with Crippen molar-refractivity contribution < 1.29 is 9.90 Å². The molecule has 0 aliphatic carbocycles. The van der Waals surface area contributed by atoms with Crippen LogP contribution in [-0.2, 0) is 0 Å². The summed E-state index contributed by atoms with van der Waals surface area (Å²) < 4.78 is 0. The second-order valence-corrected chi connectivity index (χ2v) is 2.84. The van der Waals surface area contributed by atoms with Gasteiger partial charge in [-0.3, -0.25) is 4.79 Å². The lowest BCUT2D eigenvalue weighted by atomic mass is 10.2. The maximum atomic E-state index is 11.4. The number of amides is 1. The molecule has 0 heterocycles. The predicted octanol–water partition coefficient (Wildman–Crippen LogP) is 1.03. The molecule has 0 aliphatic heterocycles. The van der Waals surface area contributed by atoms with Crippen LogP contribution < -0.4 is 5.32 Å². The molecule has 14 heavy (non-hydrogen) atoms. The highest BCUT2D eigenvalue weighted by molar-refractivity contribution is 5.97. The molecule has 1 atom stereocenters. The second kappa shape index (κ2) is 4.28. The van der Waals surface area contributed by atoms with Crippen molar-refractivity contribution in [1.29, 1.82) is 5.26 Å². The van der Waals surface area contributed by atoms with Gasteiger partial charge in [0.2, 0.25) is 0 Å². The van der Waals surface area contributed by atoms with E-state index in [0.717, 1.165) is 0 Å². The lowest BCUT2D eigenvalue weighted by Gasteiger charge is -2.07. The van der Waals surface area contributed by atoms with Gasteiger partial charge in [-0.15, -0.1) is 0 Å². The zero-order valence-electron chi connectivity index (χ0n) is 7.69. The van der Waals surface area contributed by atoms with E-state index in [1.165, 1.54) is 12.1 Å². The number of nitriles is 1. The first-order valence-electron chi connectivity index (χ1n) is 4.13. The van der Waals surface area contributed by atoms with Gasteiger partial charge in [-0.2, -0.15) is 5.26 Å². The smallest absolute Gasteiger partial charge is 0.256 e. The third kappa shape index (κ3) is 2.23. The van der Waals surface area contributed by atoms with Crippen molar-refractivity contribution >= 4 is 5.91 Å². The summed E-state index contributed by atoms with van der Waals surface area (Å²) in [6.07, 6.45) is 0. The minimum Gasteiger partial charge on any atom is -0.507 e. The van der Waals surface area contributed by atoms with Crippen LogP contribution in [0.15, 0.2) is 24.3 Å². The highest BCUT2D eigenvalue weighted by Crippen LogP contribution is 2.14. The standard InChI is InChI=1S/C10H10N2O2/c1-7(6-11)12-10(14)8-4-2-3-5-9(8)13/h2-5,7,13H,1H3,(H,12,14). The largest absolute Gasteiger partial charge is 0.507 e. The van der Waals surface area contributed by atoms with E-state index < -0.39 is 11.9 Å². The fourth-order valence-electron chi connectivity index (χ4n) is 0.972. The molecule has 1 unspecified atom stereocenters. The summed E-state index contributed by atoms with van der Waals surface area (Å²) in [5.41, 5.74) is 0.176. The van der Waals surface area contributed by atoms with Crippen molar-refractivity contribution in [1.82, 2.24) is 5.32 Å². The van der Waals surface area contributed by atoms with Gasteiger partial charge in [0.1, 0.15) is 11.8 Å². The van der Waals surface area contributed by atoms with Gasteiger partial charge in [0.25, 0.3) is 5.91 Å². The van der Waals surface area contributed by atoms with Gasteiger partial charge in [-0.05, 0) is 19.1 Å². The number of nitrogens with one attached hydrogen (secondary N) is 1. The van der Waals surface area contributed by atoms with Gasteiger partial charge >= 0.3 is 0 Å². The van der Waals surface area contributed by atoms with Crippen molar-refractivity contribution in [3.63, 3.8) is 0 Å². The van der Waals surface area contributed by atoms with Crippen molar-refractivity contribution in [2.24, 2.45) is 0 Å². The maximum absolute atomic E-state index is 11.4. The third-order valence-electron chi connectivity index (χ3n) is 1.69. The number of carbonyl (C=O) groups is 1. The summed E-state index contributed by atoms with van der Waals surface area (Å²) in [6, 6.07) is 7.49. The van der Waals surface area contributed by atoms with Crippen LogP contribution in [0.1, 0.15) is 17.3 Å². The monoisotopic (exact) mass is 190 g/mol. The number of phenolic OH excluding ortho intramolecular Hbond substituents is 1. The Balaban J connectivity index is 2.81. The van der Waals surface area contributed by atoms with E-state index in [0.29, 0.717) is 0 Å². The molecule has 0 radical (unpaired) electrons. The summed E-state index contributed by atoms with van der Waals surface area (Å²) >= 11 is 0. The molecule has 0 aliphatic rings. The van der Waals surface area contributed by atoms with Crippen LogP contribution in [0.5, 0.6) is 5.75 Å². The lowest BCUT2D eigenvalue weighted by molar-refractivity contribution is 0.0945. The molecule has 0 spiro atoms. The molecule has 1 amide bonds. The van der Waals surface area contributed by atoms with Gasteiger partial charge in [-0.1, -0.05) is 12.1 Å². The molecule has 4 nitrogen and oxygen atoms in total. The van der Waals surface area contributed by atoms with Crippen LogP contribution in [0.2, 0.25) is 0 Å². The minimum absolute atomic E-state index is 0.0878. The quantitative estimate of drug-likeness (QED) is 0.731. The molecule has 0 saturated heterocycles. The van der Waals surface area contributed by atoms with Gasteiger partial charge in [-0.25, -0.2) is 0 Å². The zero-order chi connectivity index (χ0) is 10.6. The Morgan fingerprint density at radius 1 is 1.57 bits per heavy atom. The van der Waals surface area contributed by atoms with Crippen molar-refractivity contribution in [2.75, 3.05) is 0 Å². The average molecular weight is 190 g/mol. The molecule has 1 aromatic carbocycles. The van der Waals surface area contributed by atoms with Crippen LogP contribution in [0.25, 0.3) is 0 Å². The third-order valence-corrected chi connectivity index (χ3v) is 1.69. The number of hydrogen-bond donors (Lipinski definition) is 2. The van der Waals surface area contributed by atoms with E-state index in [1.807, 2.05) is 6.07 Å². The van der Waals surface area contributed by atoms with E-state index in [2.05, 4.69) is 5.32 Å². The number of phenols is 1. The van der Waals surface area contributed by atoms with Crippen LogP contribution in [0.4, 0.5) is 0 Å². The lowest BCUT2D eigenvalue weighted by Crippen LogP contribution is -2.31. The molecule has 1 aromatic rings. The van der Waals surface area contributed by atoms with Crippen LogP contribution in [0.3, 0.4) is 0 Å². The van der Waals surface area contributed by atoms with E-state index in [4.69, 9.17) is 5.26 Å². The maximum Gasteiger partial charge on any atom is 0.256 e. The topological polar surface area (TPSA) is 73.1 Å². The zero-order valence-corrected chi connectivity index (χ0v) is 7.69. The molecule has 72 valence electrons. The summed E-state index contributed by atoms with van der Waals surface area (Å²) in [5, 5.41) is 20.2. The fourth-order valence-corrected chi connectivity index (χ4v) is 0.972. The van der Waals surface area contributed by atoms with Gasteiger partial charge in [0.05, 0.1) is 11.6 Å². The number of rotatable bonds is 2. The minimum atomic E-state index is -0.567. The summed E-state index contributed by atoms with van der Waals surface area (Å²) in [4.78, 5) is 11.4. The molecule has 4 heteroatoms. The Morgan fingerprint density at radius 3 is 2.79 bits per heavy atom. The summed E-state index contributed by atoms with van der Waals surface area (Å²) in [5.74, 6) is -0.535. The first-order chi connectivity index (χ1) is 6.65. The highest BCUT2D eigenvalue weighted by Gasteiger charge is 2.11. The van der Waals surface area contributed by atoms with E-state index in [9.17, 15) is 9.90 Å². The molecule has 0 fully saturated rings. The summed E-state index contributed by atoms with van der Waals surface area (Å²) in [7, 11) is 0. The van der Waals surface area contributed by atoms with Gasteiger partial charge in [0.15, 0.2) is 0 Å². The number of benzene rings is 1. The fraction of sp³-hybridized carbons (Fsp3) is 0.200.